The highest BCUT2D eigenvalue weighted by Crippen LogP contribution is 2.25. The van der Waals surface area contributed by atoms with Gasteiger partial charge in [0, 0.05) is 34.9 Å². The summed E-state index contributed by atoms with van der Waals surface area (Å²) in [6, 6.07) is 2.29. The first-order chi connectivity index (χ1) is 9.69. The van der Waals surface area contributed by atoms with Gasteiger partial charge in [0.25, 0.3) is 0 Å². The molecule has 0 aliphatic heterocycles. The third-order valence-electron chi connectivity index (χ3n) is 3.36. The van der Waals surface area contributed by atoms with Crippen molar-refractivity contribution in [3.05, 3.63) is 15.8 Å². The molecule has 21 heavy (non-hydrogen) atoms. The normalized spacial score (nSPS) is 12.8. The van der Waals surface area contributed by atoms with Crippen LogP contribution >= 0.6 is 11.3 Å². The summed E-state index contributed by atoms with van der Waals surface area (Å²) >= 11 is 1.31. The van der Waals surface area contributed by atoms with Gasteiger partial charge < -0.3 is 5.11 Å². The summed E-state index contributed by atoms with van der Waals surface area (Å²) in [6.07, 6.45) is 0. The molecule has 2 N–H and O–H groups in total. The van der Waals surface area contributed by atoms with Crippen LogP contribution in [0.5, 0.6) is 0 Å². The molecule has 0 spiro atoms. The average Bonchev–Trinajstić information content (AvgIpc) is 2.75. The zero-order chi connectivity index (χ0) is 16.2. The molecule has 122 valence electrons. The number of nitrogens with one attached hydrogen (secondary N) is 1. The number of aliphatic hydroxyl groups is 1. The molecular formula is C14H26N2O3S2. The Labute approximate surface area is 132 Å². The molecule has 0 bridgehead atoms. The lowest BCUT2D eigenvalue weighted by Gasteiger charge is -2.30. The summed E-state index contributed by atoms with van der Waals surface area (Å²) < 4.78 is 27.2. The van der Waals surface area contributed by atoms with Crippen LogP contribution < -0.4 is 4.72 Å². The second-order valence-electron chi connectivity index (χ2n) is 5.61. The minimum atomic E-state index is -3.50. The zero-order valence-electron chi connectivity index (χ0n) is 13.4. The molecule has 0 saturated heterocycles. The van der Waals surface area contributed by atoms with Crippen molar-refractivity contribution in [2.45, 2.75) is 58.2 Å². The molecule has 1 heterocycles. The quantitative estimate of drug-likeness (QED) is 0.762. The van der Waals surface area contributed by atoms with Crippen molar-refractivity contribution in [3.8, 4) is 0 Å². The van der Waals surface area contributed by atoms with Crippen LogP contribution in [-0.4, -0.2) is 43.6 Å². The Morgan fingerprint density at radius 2 is 1.86 bits per heavy atom. The van der Waals surface area contributed by atoms with Crippen LogP contribution in [0.1, 0.15) is 37.4 Å². The van der Waals surface area contributed by atoms with Crippen LogP contribution in [0.3, 0.4) is 0 Å². The summed E-state index contributed by atoms with van der Waals surface area (Å²) in [5.41, 5.74) is 0. The average molecular weight is 335 g/mol. The molecular weight excluding hydrogens is 308 g/mol. The third kappa shape index (κ3) is 5.03. The fourth-order valence-electron chi connectivity index (χ4n) is 2.37. The Morgan fingerprint density at radius 3 is 2.29 bits per heavy atom. The summed E-state index contributed by atoms with van der Waals surface area (Å²) in [4.78, 5) is 3.88. The zero-order valence-corrected chi connectivity index (χ0v) is 15.0. The van der Waals surface area contributed by atoms with Gasteiger partial charge in [-0.25, -0.2) is 13.1 Å². The van der Waals surface area contributed by atoms with Gasteiger partial charge in [-0.15, -0.1) is 11.3 Å². The number of rotatable bonds is 8. The van der Waals surface area contributed by atoms with Gasteiger partial charge in [-0.3, -0.25) is 4.90 Å². The number of hydrogen-bond donors (Lipinski definition) is 2. The van der Waals surface area contributed by atoms with Gasteiger partial charge in [0.15, 0.2) is 0 Å². The largest absolute Gasteiger partial charge is 0.391 e. The second-order valence-corrected chi connectivity index (χ2v) is 8.69. The molecule has 0 aromatic carbocycles. The summed E-state index contributed by atoms with van der Waals surface area (Å²) in [7, 11) is -3.50. The summed E-state index contributed by atoms with van der Waals surface area (Å²) in [5, 5.41) is 9.10. The number of sulfonamides is 1. The molecule has 1 rings (SSSR count). The van der Waals surface area contributed by atoms with Gasteiger partial charge in [0.2, 0.25) is 10.0 Å². The van der Waals surface area contributed by atoms with Gasteiger partial charge in [-0.2, -0.15) is 0 Å². The van der Waals surface area contributed by atoms with Crippen molar-refractivity contribution < 1.29 is 13.5 Å². The minimum Gasteiger partial charge on any atom is -0.391 e. The van der Waals surface area contributed by atoms with E-state index in [0.29, 0.717) is 34.9 Å². The molecule has 1 aromatic heterocycles. The lowest BCUT2D eigenvalue weighted by Crippen LogP contribution is -2.42. The Morgan fingerprint density at radius 1 is 1.29 bits per heavy atom. The molecule has 5 nitrogen and oxygen atoms in total. The SMILES string of the molecule is Cc1sc(CO)cc1S(=O)(=O)NCCN(C(C)C)C(C)C. The van der Waals surface area contributed by atoms with E-state index in [0.717, 1.165) is 0 Å². The molecule has 7 heteroatoms. The molecule has 1 aromatic rings. The number of nitrogens with zero attached hydrogens (tertiary/aromatic N) is 1. The van der Waals surface area contributed by atoms with Crippen LogP contribution in [0.4, 0.5) is 0 Å². The fourth-order valence-corrected chi connectivity index (χ4v) is 4.88. The van der Waals surface area contributed by atoms with E-state index in [-0.39, 0.29) is 11.5 Å². The first kappa shape index (κ1) is 18.6. The van der Waals surface area contributed by atoms with E-state index in [4.69, 9.17) is 5.11 Å². The number of thiophene rings is 1. The van der Waals surface area contributed by atoms with Gasteiger partial charge in [0.1, 0.15) is 0 Å². The maximum absolute atomic E-state index is 12.3. The molecule has 0 radical (unpaired) electrons. The Kier molecular flexibility index (Phi) is 6.80. The fraction of sp³-hybridized carbons (Fsp3) is 0.714. The predicted octanol–water partition coefficient (Wildman–Crippen LogP) is 1.95. The lowest BCUT2D eigenvalue weighted by atomic mass is 10.2. The van der Waals surface area contributed by atoms with E-state index in [2.05, 4.69) is 37.3 Å². The molecule has 0 amide bonds. The van der Waals surface area contributed by atoms with Crippen LogP contribution in [-0.2, 0) is 16.6 Å². The van der Waals surface area contributed by atoms with Crippen molar-refractivity contribution in [2.75, 3.05) is 13.1 Å². The van der Waals surface area contributed by atoms with E-state index in [1.54, 1.807) is 13.0 Å². The van der Waals surface area contributed by atoms with Gasteiger partial charge >= 0.3 is 0 Å². The third-order valence-corrected chi connectivity index (χ3v) is 6.11. The number of aliphatic hydroxyl groups excluding tert-OH is 1. The highest BCUT2D eigenvalue weighted by molar-refractivity contribution is 7.89. The topological polar surface area (TPSA) is 69.6 Å². The maximum atomic E-state index is 12.3. The minimum absolute atomic E-state index is 0.129. The number of hydrogen-bond acceptors (Lipinski definition) is 5. The smallest absolute Gasteiger partial charge is 0.241 e. The summed E-state index contributed by atoms with van der Waals surface area (Å²) in [5.74, 6) is 0. The highest BCUT2D eigenvalue weighted by Gasteiger charge is 2.20. The van der Waals surface area contributed by atoms with E-state index in [1.165, 1.54) is 11.3 Å². The highest BCUT2D eigenvalue weighted by atomic mass is 32.2. The number of aryl methyl sites for hydroxylation is 1. The van der Waals surface area contributed by atoms with Crippen LogP contribution in [0, 0.1) is 6.92 Å². The standard InChI is InChI=1S/C14H26N2O3S2/c1-10(2)16(11(3)4)7-6-15-21(18,19)14-8-13(9-17)20-12(14)5/h8,10-11,15,17H,6-7,9H2,1-5H3. The Hall–Kier alpha value is -0.470. The first-order valence-electron chi connectivity index (χ1n) is 7.14. The van der Waals surface area contributed by atoms with E-state index in [9.17, 15) is 8.42 Å². The van der Waals surface area contributed by atoms with Crippen molar-refractivity contribution in [2.24, 2.45) is 0 Å². The van der Waals surface area contributed by atoms with Gasteiger partial charge in [0.05, 0.1) is 11.5 Å². The molecule has 0 aliphatic carbocycles. The van der Waals surface area contributed by atoms with E-state index < -0.39 is 10.0 Å². The Balaban J connectivity index is 2.71. The van der Waals surface area contributed by atoms with Crippen LogP contribution in [0.2, 0.25) is 0 Å². The monoisotopic (exact) mass is 334 g/mol. The molecule has 0 unspecified atom stereocenters. The summed E-state index contributed by atoms with van der Waals surface area (Å²) in [6.45, 7) is 11.1. The molecule has 0 fully saturated rings. The first-order valence-corrected chi connectivity index (χ1v) is 9.44. The molecule has 0 saturated carbocycles. The predicted molar refractivity (Wildman–Crippen MR) is 87.1 cm³/mol. The lowest BCUT2D eigenvalue weighted by molar-refractivity contribution is 0.179. The second kappa shape index (κ2) is 7.69. The molecule has 0 atom stereocenters. The maximum Gasteiger partial charge on any atom is 0.241 e. The van der Waals surface area contributed by atoms with E-state index >= 15 is 0 Å². The van der Waals surface area contributed by atoms with Crippen LogP contribution in [0.25, 0.3) is 0 Å². The van der Waals surface area contributed by atoms with Crippen molar-refractivity contribution in [1.29, 1.82) is 0 Å². The van der Waals surface area contributed by atoms with Crippen LogP contribution in [0.15, 0.2) is 11.0 Å². The Bertz CT molecular complexity index is 543. The van der Waals surface area contributed by atoms with Crippen molar-refractivity contribution in [3.63, 3.8) is 0 Å². The van der Waals surface area contributed by atoms with Crippen molar-refractivity contribution >= 4 is 21.4 Å². The van der Waals surface area contributed by atoms with Crippen molar-refractivity contribution in [1.82, 2.24) is 9.62 Å². The van der Waals surface area contributed by atoms with Gasteiger partial charge in [-0.1, -0.05) is 0 Å². The van der Waals surface area contributed by atoms with E-state index in [1.807, 2.05) is 0 Å². The van der Waals surface area contributed by atoms with Gasteiger partial charge in [-0.05, 0) is 40.7 Å². The molecule has 0 aliphatic rings.